The lowest BCUT2D eigenvalue weighted by molar-refractivity contribution is 0.186. The lowest BCUT2D eigenvalue weighted by atomic mass is 10.1. The summed E-state index contributed by atoms with van der Waals surface area (Å²) in [7, 11) is 0. The molecule has 0 unspecified atom stereocenters. The maximum Gasteiger partial charge on any atom is 0.115 e. The summed E-state index contributed by atoms with van der Waals surface area (Å²) in [6.07, 6.45) is -0.809. The zero-order valence-electron chi connectivity index (χ0n) is 6.83. The van der Waals surface area contributed by atoms with Gasteiger partial charge in [0.05, 0.1) is 12.6 Å². The number of phenols is 1. The van der Waals surface area contributed by atoms with Crippen LogP contribution in [0.25, 0.3) is 10.4 Å². The maximum absolute atomic E-state index is 9.40. The smallest absolute Gasteiger partial charge is 0.115 e. The average molecular weight is 179 g/mol. The van der Waals surface area contributed by atoms with E-state index in [0.717, 1.165) is 0 Å². The van der Waals surface area contributed by atoms with Gasteiger partial charge in [0.25, 0.3) is 0 Å². The van der Waals surface area contributed by atoms with Crippen LogP contribution in [-0.4, -0.2) is 16.8 Å². The Morgan fingerprint density at radius 3 is 2.54 bits per heavy atom. The number of rotatable bonds is 3. The van der Waals surface area contributed by atoms with Crippen LogP contribution in [0.1, 0.15) is 11.7 Å². The van der Waals surface area contributed by atoms with E-state index in [1.54, 1.807) is 12.1 Å². The second kappa shape index (κ2) is 4.35. The normalized spacial score (nSPS) is 11.8. The summed E-state index contributed by atoms with van der Waals surface area (Å²) in [6, 6.07) is 6.09. The molecule has 1 aromatic carbocycles. The third-order valence-corrected chi connectivity index (χ3v) is 1.60. The first-order valence-electron chi connectivity index (χ1n) is 3.72. The Bertz CT molecular complexity index is 317. The van der Waals surface area contributed by atoms with Gasteiger partial charge in [0, 0.05) is 4.91 Å². The van der Waals surface area contributed by atoms with Crippen LogP contribution in [0.2, 0.25) is 0 Å². The molecule has 0 spiro atoms. The van der Waals surface area contributed by atoms with Crippen molar-refractivity contribution in [2.24, 2.45) is 5.11 Å². The molecule has 0 heterocycles. The van der Waals surface area contributed by atoms with E-state index in [1.165, 1.54) is 12.1 Å². The molecule has 1 atom stereocenters. The molecule has 2 N–H and O–H groups in total. The third-order valence-electron chi connectivity index (χ3n) is 1.60. The van der Waals surface area contributed by atoms with Crippen molar-refractivity contribution in [3.8, 4) is 5.75 Å². The molecule has 1 rings (SSSR count). The number of nitrogens with zero attached hydrogens (tertiary/aromatic N) is 3. The largest absolute Gasteiger partial charge is 0.508 e. The fraction of sp³-hybridized carbons (Fsp3) is 0.250. The molecule has 0 aliphatic carbocycles. The van der Waals surface area contributed by atoms with Crippen LogP contribution in [0, 0.1) is 0 Å². The monoisotopic (exact) mass is 179 g/mol. The molecular weight excluding hydrogens is 170 g/mol. The van der Waals surface area contributed by atoms with Crippen LogP contribution in [0.4, 0.5) is 0 Å². The highest BCUT2D eigenvalue weighted by Gasteiger charge is 2.04. The topological polar surface area (TPSA) is 89.2 Å². The molecule has 0 aliphatic heterocycles. The Morgan fingerprint density at radius 2 is 2.00 bits per heavy atom. The van der Waals surface area contributed by atoms with Crippen molar-refractivity contribution in [1.29, 1.82) is 0 Å². The van der Waals surface area contributed by atoms with Gasteiger partial charge in [-0.15, -0.1) is 0 Å². The molecule has 1 aromatic rings. The average Bonchev–Trinajstić information content (AvgIpc) is 2.15. The number of phenolic OH excluding ortho intramolecular Hbond substituents is 1. The van der Waals surface area contributed by atoms with Crippen molar-refractivity contribution in [3.05, 3.63) is 40.3 Å². The molecule has 0 saturated carbocycles. The Labute approximate surface area is 74.9 Å². The SMILES string of the molecule is [N-]=[N+]=NC[C@@H](O)c1ccc(O)cc1. The van der Waals surface area contributed by atoms with E-state index in [4.69, 9.17) is 10.6 Å². The predicted molar refractivity (Wildman–Crippen MR) is 47.1 cm³/mol. The summed E-state index contributed by atoms with van der Waals surface area (Å²) in [5, 5.41) is 21.6. The van der Waals surface area contributed by atoms with E-state index in [2.05, 4.69) is 10.0 Å². The Hall–Kier alpha value is -1.71. The van der Waals surface area contributed by atoms with Gasteiger partial charge < -0.3 is 10.2 Å². The van der Waals surface area contributed by atoms with Crippen LogP contribution in [0.5, 0.6) is 5.75 Å². The van der Waals surface area contributed by atoms with Crippen LogP contribution in [0.15, 0.2) is 29.4 Å². The maximum atomic E-state index is 9.40. The van der Waals surface area contributed by atoms with Crippen LogP contribution < -0.4 is 0 Å². The lowest BCUT2D eigenvalue weighted by Crippen LogP contribution is -1.99. The fourth-order valence-electron chi connectivity index (χ4n) is 0.916. The molecule has 0 radical (unpaired) electrons. The number of aliphatic hydroxyl groups excluding tert-OH is 1. The summed E-state index contributed by atoms with van der Waals surface area (Å²) < 4.78 is 0. The molecule has 0 bridgehead atoms. The number of aromatic hydroxyl groups is 1. The van der Waals surface area contributed by atoms with Gasteiger partial charge in [0.2, 0.25) is 0 Å². The van der Waals surface area contributed by atoms with E-state index < -0.39 is 6.10 Å². The van der Waals surface area contributed by atoms with E-state index >= 15 is 0 Å². The summed E-state index contributed by atoms with van der Waals surface area (Å²) in [4.78, 5) is 2.53. The van der Waals surface area contributed by atoms with Gasteiger partial charge in [-0.1, -0.05) is 17.2 Å². The Kier molecular flexibility index (Phi) is 3.14. The van der Waals surface area contributed by atoms with Crippen molar-refractivity contribution in [3.63, 3.8) is 0 Å². The molecule has 0 fully saturated rings. The second-order valence-corrected chi connectivity index (χ2v) is 2.52. The highest BCUT2D eigenvalue weighted by molar-refractivity contribution is 5.27. The van der Waals surface area contributed by atoms with Gasteiger partial charge in [-0.05, 0) is 23.2 Å². The van der Waals surface area contributed by atoms with E-state index in [0.29, 0.717) is 5.56 Å². The van der Waals surface area contributed by atoms with Gasteiger partial charge in [0.1, 0.15) is 5.75 Å². The lowest BCUT2D eigenvalue weighted by Gasteiger charge is -2.06. The standard InChI is InChI=1S/C8H9N3O2/c9-11-10-5-8(13)6-1-3-7(12)4-2-6/h1-4,8,12-13H,5H2/t8-/m1/s1. The number of hydrogen-bond acceptors (Lipinski definition) is 3. The number of azide groups is 1. The first-order valence-corrected chi connectivity index (χ1v) is 3.72. The number of hydrogen-bond donors (Lipinski definition) is 2. The highest BCUT2D eigenvalue weighted by Crippen LogP contribution is 2.16. The van der Waals surface area contributed by atoms with E-state index in [1.807, 2.05) is 0 Å². The van der Waals surface area contributed by atoms with Gasteiger partial charge in [-0.3, -0.25) is 0 Å². The summed E-state index contributed by atoms with van der Waals surface area (Å²) in [6.45, 7) is 0.00127. The molecule has 5 heteroatoms. The molecule has 13 heavy (non-hydrogen) atoms. The van der Waals surface area contributed by atoms with Crippen molar-refractivity contribution in [2.75, 3.05) is 6.54 Å². The molecular formula is C8H9N3O2. The summed E-state index contributed by atoms with van der Waals surface area (Å²) in [5.41, 5.74) is 8.63. The molecule has 0 saturated heterocycles. The first-order chi connectivity index (χ1) is 6.24. The van der Waals surface area contributed by atoms with Gasteiger partial charge in [0.15, 0.2) is 0 Å². The van der Waals surface area contributed by atoms with Gasteiger partial charge in [-0.25, -0.2) is 0 Å². The van der Waals surface area contributed by atoms with Crippen molar-refractivity contribution in [1.82, 2.24) is 0 Å². The van der Waals surface area contributed by atoms with Crippen molar-refractivity contribution < 1.29 is 10.2 Å². The van der Waals surface area contributed by atoms with Crippen LogP contribution >= 0.6 is 0 Å². The predicted octanol–water partition coefficient (Wildman–Crippen LogP) is 1.74. The highest BCUT2D eigenvalue weighted by atomic mass is 16.3. The van der Waals surface area contributed by atoms with E-state index in [9.17, 15) is 5.11 Å². The fourth-order valence-corrected chi connectivity index (χ4v) is 0.916. The summed E-state index contributed by atoms with van der Waals surface area (Å²) in [5.74, 6) is 0.139. The number of aliphatic hydroxyl groups is 1. The first kappa shape index (κ1) is 9.38. The molecule has 0 aliphatic rings. The van der Waals surface area contributed by atoms with Crippen molar-refractivity contribution in [2.45, 2.75) is 6.10 Å². The minimum Gasteiger partial charge on any atom is -0.508 e. The quantitative estimate of drug-likeness (QED) is 0.420. The zero-order chi connectivity index (χ0) is 9.68. The molecule has 68 valence electrons. The van der Waals surface area contributed by atoms with Gasteiger partial charge in [-0.2, -0.15) is 0 Å². The van der Waals surface area contributed by atoms with Gasteiger partial charge >= 0.3 is 0 Å². The zero-order valence-corrected chi connectivity index (χ0v) is 6.83. The Morgan fingerprint density at radius 1 is 1.38 bits per heavy atom. The van der Waals surface area contributed by atoms with Crippen LogP contribution in [0.3, 0.4) is 0 Å². The molecule has 5 nitrogen and oxygen atoms in total. The number of benzene rings is 1. The van der Waals surface area contributed by atoms with Crippen LogP contribution in [-0.2, 0) is 0 Å². The minimum atomic E-state index is -0.809. The molecule has 0 aromatic heterocycles. The molecule has 0 amide bonds. The Balaban J connectivity index is 2.71. The second-order valence-electron chi connectivity index (χ2n) is 2.52. The minimum absolute atomic E-state index is 0.00127. The van der Waals surface area contributed by atoms with Crippen molar-refractivity contribution >= 4 is 0 Å². The third kappa shape index (κ3) is 2.66. The van der Waals surface area contributed by atoms with E-state index in [-0.39, 0.29) is 12.3 Å². The summed E-state index contributed by atoms with van der Waals surface area (Å²) >= 11 is 0.